The van der Waals surface area contributed by atoms with Gasteiger partial charge in [-0.1, -0.05) is 12.1 Å². The SMILES string of the molecule is Cc1csc(C(CO)Nc2ccccc2F)n1. The Hall–Kier alpha value is -1.46. The topological polar surface area (TPSA) is 45.1 Å². The van der Waals surface area contributed by atoms with Crippen molar-refractivity contribution < 1.29 is 9.50 Å². The Morgan fingerprint density at radius 2 is 2.24 bits per heavy atom. The molecule has 1 aromatic carbocycles. The summed E-state index contributed by atoms with van der Waals surface area (Å²) in [5.41, 5.74) is 1.28. The second-order valence-electron chi connectivity index (χ2n) is 3.69. The van der Waals surface area contributed by atoms with Crippen LogP contribution in [0, 0.1) is 12.7 Å². The fraction of sp³-hybridized carbons (Fsp3) is 0.250. The number of nitrogens with one attached hydrogen (secondary N) is 1. The number of nitrogens with zero attached hydrogens (tertiary/aromatic N) is 1. The van der Waals surface area contributed by atoms with E-state index in [-0.39, 0.29) is 18.5 Å². The summed E-state index contributed by atoms with van der Waals surface area (Å²) < 4.78 is 13.4. The monoisotopic (exact) mass is 252 g/mol. The van der Waals surface area contributed by atoms with Gasteiger partial charge in [-0.25, -0.2) is 9.37 Å². The number of halogens is 1. The third-order valence-electron chi connectivity index (χ3n) is 2.32. The average molecular weight is 252 g/mol. The number of anilines is 1. The van der Waals surface area contributed by atoms with Crippen LogP contribution in [-0.2, 0) is 0 Å². The van der Waals surface area contributed by atoms with Crippen molar-refractivity contribution in [2.75, 3.05) is 11.9 Å². The number of aliphatic hydroxyl groups excluding tert-OH is 1. The van der Waals surface area contributed by atoms with Gasteiger partial charge in [-0.15, -0.1) is 11.3 Å². The van der Waals surface area contributed by atoms with Crippen LogP contribution in [0.4, 0.5) is 10.1 Å². The van der Waals surface area contributed by atoms with Crippen molar-refractivity contribution in [1.29, 1.82) is 0 Å². The largest absolute Gasteiger partial charge is 0.394 e. The first-order chi connectivity index (χ1) is 8.20. The Labute approximate surface area is 103 Å². The molecule has 0 bridgehead atoms. The third kappa shape index (κ3) is 2.81. The Kier molecular flexibility index (Phi) is 3.71. The van der Waals surface area contributed by atoms with Gasteiger partial charge in [0.05, 0.1) is 12.3 Å². The number of aromatic nitrogens is 1. The first kappa shape index (κ1) is 12.0. The molecule has 1 atom stereocenters. The van der Waals surface area contributed by atoms with Crippen molar-refractivity contribution in [1.82, 2.24) is 4.98 Å². The molecule has 3 nitrogen and oxygen atoms in total. The zero-order valence-electron chi connectivity index (χ0n) is 9.35. The first-order valence-corrected chi connectivity index (χ1v) is 6.12. The molecule has 0 fully saturated rings. The molecule has 0 aliphatic heterocycles. The highest BCUT2D eigenvalue weighted by atomic mass is 32.1. The molecule has 1 unspecified atom stereocenters. The molecule has 0 aliphatic carbocycles. The number of aryl methyl sites for hydroxylation is 1. The minimum atomic E-state index is -0.370. The fourth-order valence-corrected chi connectivity index (χ4v) is 2.32. The van der Waals surface area contributed by atoms with Crippen LogP contribution in [-0.4, -0.2) is 16.7 Å². The van der Waals surface area contributed by atoms with Gasteiger partial charge in [-0.2, -0.15) is 0 Å². The molecule has 2 rings (SSSR count). The lowest BCUT2D eigenvalue weighted by molar-refractivity contribution is 0.276. The number of thiazole rings is 1. The van der Waals surface area contributed by atoms with E-state index in [4.69, 9.17) is 0 Å². The van der Waals surface area contributed by atoms with Crippen LogP contribution in [0.1, 0.15) is 16.7 Å². The van der Waals surface area contributed by atoms with Gasteiger partial charge in [0.25, 0.3) is 0 Å². The zero-order chi connectivity index (χ0) is 12.3. The Bertz CT molecular complexity index is 501. The smallest absolute Gasteiger partial charge is 0.146 e. The summed E-state index contributed by atoms with van der Waals surface area (Å²) in [6.07, 6.45) is 0. The molecule has 0 aliphatic rings. The zero-order valence-corrected chi connectivity index (χ0v) is 10.2. The van der Waals surface area contributed by atoms with E-state index in [1.54, 1.807) is 18.2 Å². The molecule has 1 aromatic heterocycles. The molecule has 2 N–H and O–H groups in total. The van der Waals surface area contributed by atoms with Gasteiger partial charge < -0.3 is 10.4 Å². The van der Waals surface area contributed by atoms with E-state index in [1.807, 2.05) is 12.3 Å². The number of benzene rings is 1. The van der Waals surface area contributed by atoms with Gasteiger partial charge in [-0.3, -0.25) is 0 Å². The van der Waals surface area contributed by atoms with E-state index in [2.05, 4.69) is 10.3 Å². The lowest BCUT2D eigenvalue weighted by atomic mass is 10.2. The second kappa shape index (κ2) is 5.25. The molecule has 0 amide bonds. The molecule has 0 saturated heterocycles. The van der Waals surface area contributed by atoms with E-state index >= 15 is 0 Å². The number of hydrogen-bond acceptors (Lipinski definition) is 4. The van der Waals surface area contributed by atoms with E-state index in [1.165, 1.54) is 17.4 Å². The molecule has 17 heavy (non-hydrogen) atoms. The van der Waals surface area contributed by atoms with E-state index < -0.39 is 0 Å². The summed E-state index contributed by atoms with van der Waals surface area (Å²) in [6.45, 7) is 1.76. The molecule has 90 valence electrons. The van der Waals surface area contributed by atoms with Gasteiger partial charge in [0.2, 0.25) is 0 Å². The van der Waals surface area contributed by atoms with Crippen LogP contribution in [0.15, 0.2) is 29.6 Å². The molecule has 5 heteroatoms. The minimum Gasteiger partial charge on any atom is -0.394 e. The summed E-state index contributed by atoms with van der Waals surface area (Å²) in [5, 5.41) is 14.9. The molecular weight excluding hydrogens is 239 g/mol. The summed E-state index contributed by atoms with van der Waals surface area (Å²) >= 11 is 1.45. The van der Waals surface area contributed by atoms with Gasteiger partial charge >= 0.3 is 0 Å². The quantitative estimate of drug-likeness (QED) is 0.879. The maximum atomic E-state index is 13.4. The minimum absolute atomic E-state index is 0.124. The van der Waals surface area contributed by atoms with Crippen molar-refractivity contribution in [3.8, 4) is 0 Å². The molecule has 0 radical (unpaired) electrons. The van der Waals surface area contributed by atoms with Crippen LogP contribution in [0.2, 0.25) is 0 Å². The average Bonchev–Trinajstić information content (AvgIpc) is 2.75. The van der Waals surface area contributed by atoms with Crippen LogP contribution < -0.4 is 5.32 Å². The van der Waals surface area contributed by atoms with Crippen LogP contribution in [0.5, 0.6) is 0 Å². The molecule has 1 heterocycles. The number of hydrogen-bond donors (Lipinski definition) is 2. The summed E-state index contributed by atoms with van der Waals surface area (Å²) in [7, 11) is 0. The van der Waals surface area contributed by atoms with E-state index in [0.717, 1.165) is 10.7 Å². The lowest BCUT2D eigenvalue weighted by Crippen LogP contribution is -2.15. The molecule has 0 saturated carbocycles. The molecular formula is C12H13FN2OS. The highest BCUT2D eigenvalue weighted by Crippen LogP contribution is 2.23. The van der Waals surface area contributed by atoms with Crippen molar-refractivity contribution in [3.05, 3.63) is 46.2 Å². The summed E-state index contributed by atoms with van der Waals surface area (Å²) in [5.74, 6) is -0.334. The molecule has 0 spiro atoms. The Balaban J connectivity index is 2.18. The predicted molar refractivity (Wildman–Crippen MR) is 66.7 cm³/mol. The van der Waals surface area contributed by atoms with Crippen molar-refractivity contribution >= 4 is 17.0 Å². The Morgan fingerprint density at radius 1 is 1.47 bits per heavy atom. The number of rotatable bonds is 4. The maximum Gasteiger partial charge on any atom is 0.146 e. The van der Waals surface area contributed by atoms with Crippen molar-refractivity contribution in [2.24, 2.45) is 0 Å². The highest BCUT2D eigenvalue weighted by molar-refractivity contribution is 7.09. The molecule has 2 aromatic rings. The Morgan fingerprint density at radius 3 is 2.82 bits per heavy atom. The lowest BCUT2D eigenvalue weighted by Gasteiger charge is -2.15. The normalized spacial score (nSPS) is 12.4. The van der Waals surface area contributed by atoms with Gasteiger partial charge in [-0.05, 0) is 19.1 Å². The van der Waals surface area contributed by atoms with E-state index in [0.29, 0.717) is 5.69 Å². The van der Waals surface area contributed by atoms with Crippen LogP contribution in [0.3, 0.4) is 0 Å². The summed E-state index contributed by atoms with van der Waals surface area (Å²) in [4.78, 5) is 4.28. The summed E-state index contributed by atoms with van der Waals surface area (Å²) in [6, 6.07) is 6.02. The van der Waals surface area contributed by atoms with Crippen LogP contribution >= 0.6 is 11.3 Å². The highest BCUT2D eigenvalue weighted by Gasteiger charge is 2.15. The van der Waals surface area contributed by atoms with E-state index in [9.17, 15) is 9.50 Å². The third-order valence-corrected chi connectivity index (χ3v) is 3.40. The van der Waals surface area contributed by atoms with Crippen molar-refractivity contribution in [2.45, 2.75) is 13.0 Å². The van der Waals surface area contributed by atoms with Crippen LogP contribution in [0.25, 0.3) is 0 Å². The number of aliphatic hydroxyl groups is 1. The first-order valence-electron chi connectivity index (χ1n) is 5.24. The fourth-order valence-electron chi connectivity index (χ4n) is 1.48. The van der Waals surface area contributed by atoms with Gasteiger partial charge in [0.1, 0.15) is 16.9 Å². The standard InChI is InChI=1S/C12H13FN2OS/c1-8-7-17-12(14-8)11(6-16)15-10-5-3-2-4-9(10)13/h2-5,7,11,15-16H,6H2,1H3. The second-order valence-corrected chi connectivity index (χ2v) is 4.58. The van der Waals surface area contributed by atoms with Gasteiger partial charge in [0, 0.05) is 11.1 Å². The van der Waals surface area contributed by atoms with Crippen molar-refractivity contribution in [3.63, 3.8) is 0 Å². The predicted octanol–water partition coefficient (Wildman–Crippen LogP) is 2.74. The van der Waals surface area contributed by atoms with Gasteiger partial charge in [0.15, 0.2) is 0 Å². The number of para-hydroxylation sites is 1. The maximum absolute atomic E-state index is 13.4.